The zero-order chi connectivity index (χ0) is 15.1. The first-order valence-electron chi connectivity index (χ1n) is 7.67. The second kappa shape index (κ2) is 7.67. The standard InChI is InChI=1S/C15H23N5O/c1-2-14-17-7-10-19(14)9-4-6-18-15(21)20-8-3-5-13(11-16)12-20/h7,10,13H,2-6,8-9,12H2,1H3,(H,18,21). The van der Waals surface area contributed by atoms with Crippen molar-refractivity contribution in [3.63, 3.8) is 0 Å². The maximum Gasteiger partial charge on any atom is 0.317 e. The fourth-order valence-electron chi connectivity index (χ4n) is 2.68. The van der Waals surface area contributed by atoms with E-state index in [1.54, 1.807) is 4.90 Å². The molecule has 0 radical (unpaired) electrons. The van der Waals surface area contributed by atoms with Crippen molar-refractivity contribution in [1.82, 2.24) is 19.8 Å². The molecule has 0 bridgehead atoms. The van der Waals surface area contributed by atoms with Crippen LogP contribution in [0.1, 0.15) is 32.0 Å². The molecule has 2 amide bonds. The molecule has 6 heteroatoms. The normalized spacial score (nSPS) is 18.3. The van der Waals surface area contributed by atoms with Crippen molar-refractivity contribution in [2.24, 2.45) is 5.92 Å². The van der Waals surface area contributed by atoms with Gasteiger partial charge >= 0.3 is 6.03 Å². The molecule has 1 aliphatic heterocycles. The van der Waals surface area contributed by atoms with Gasteiger partial charge in [-0.05, 0) is 19.3 Å². The maximum absolute atomic E-state index is 12.0. The smallest absolute Gasteiger partial charge is 0.317 e. The molecule has 1 aromatic rings. The van der Waals surface area contributed by atoms with E-state index in [1.165, 1.54) is 0 Å². The largest absolute Gasteiger partial charge is 0.338 e. The molecule has 1 aliphatic rings. The van der Waals surface area contributed by atoms with Crippen LogP contribution in [0.25, 0.3) is 0 Å². The van der Waals surface area contributed by atoms with Gasteiger partial charge < -0.3 is 14.8 Å². The number of carbonyl (C=O) groups is 1. The molecule has 1 saturated heterocycles. The van der Waals surface area contributed by atoms with Gasteiger partial charge in [-0.3, -0.25) is 0 Å². The van der Waals surface area contributed by atoms with Gasteiger partial charge in [0.1, 0.15) is 5.82 Å². The molecule has 1 aromatic heterocycles. The summed E-state index contributed by atoms with van der Waals surface area (Å²) in [7, 11) is 0. The van der Waals surface area contributed by atoms with Crippen LogP contribution in [0.15, 0.2) is 12.4 Å². The Hall–Kier alpha value is -2.03. The molecule has 1 N–H and O–H groups in total. The summed E-state index contributed by atoms with van der Waals surface area (Å²) in [5, 5.41) is 11.9. The molecular formula is C15H23N5O. The van der Waals surface area contributed by atoms with E-state index in [9.17, 15) is 4.79 Å². The highest BCUT2D eigenvalue weighted by Gasteiger charge is 2.22. The Morgan fingerprint density at radius 1 is 1.62 bits per heavy atom. The predicted octanol–water partition coefficient (Wildman–Crippen LogP) is 1.78. The fourth-order valence-corrected chi connectivity index (χ4v) is 2.68. The van der Waals surface area contributed by atoms with Crippen molar-refractivity contribution in [1.29, 1.82) is 5.26 Å². The van der Waals surface area contributed by atoms with Crippen LogP contribution in [0, 0.1) is 17.2 Å². The summed E-state index contributed by atoms with van der Waals surface area (Å²) in [5.74, 6) is 1.07. The van der Waals surface area contributed by atoms with E-state index < -0.39 is 0 Å². The Kier molecular flexibility index (Phi) is 5.61. The molecule has 0 spiro atoms. The van der Waals surface area contributed by atoms with Crippen LogP contribution in [-0.2, 0) is 13.0 Å². The SMILES string of the molecule is CCc1nccn1CCCNC(=O)N1CCCC(C#N)C1. The van der Waals surface area contributed by atoms with Crippen LogP contribution in [0.4, 0.5) is 4.79 Å². The fraction of sp³-hybridized carbons (Fsp3) is 0.667. The van der Waals surface area contributed by atoms with E-state index in [0.717, 1.165) is 44.6 Å². The van der Waals surface area contributed by atoms with E-state index in [2.05, 4.69) is 27.9 Å². The average Bonchev–Trinajstić information content (AvgIpc) is 2.98. The molecule has 2 rings (SSSR count). The lowest BCUT2D eigenvalue weighted by atomic mass is 10.0. The number of amides is 2. The van der Waals surface area contributed by atoms with Crippen LogP contribution in [0.3, 0.4) is 0 Å². The van der Waals surface area contributed by atoms with Crippen molar-refractivity contribution in [2.45, 2.75) is 39.2 Å². The number of nitriles is 1. The first-order valence-corrected chi connectivity index (χ1v) is 7.67. The lowest BCUT2D eigenvalue weighted by Crippen LogP contribution is -2.45. The van der Waals surface area contributed by atoms with Gasteiger partial charge in [-0.15, -0.1) is 0 Å². The van der Waals surface area contributed by atoms with Crippen LogP contribution >= 0.6 is 0 Å². The molecular weight excluding hydrogens is 266 g/mol. The quantitative estimate of drug-likeness (QED) is 0.840. The molecule has 0 aliphatic carbocycles. The number of nitrogens with zero attached hydrogens (tertiary/aromatic N) is 4. The van der Waals surface area contributed by atoms with Crippen molar-refractivity contribution in [3.8, 4) is 6.07 Å². The highest BCUT2D eigenvalue weighted by atomic mass is 16.2. The van der Waals surface area contributed by atoms with Crippen molar-refractivity contribution in [2.75, 3.05) is 19.6 Å². The van der Waals surface area contributed by atoms with E-state index in [0.29, 0.717) is 13.1 Å². The van der Waals surface area contributed by atoms with Crippen LogP contribution in [-0.4, -0.2) is 40.1 Å². The minimum Gasteiger partial charge on any atom is -0.338 e. The van der Waals surface area contributed by atoms with Gasteiger partial charge in [-0.25, -0.2) is 9.78 Å². The molecule has 0 aromatic carbocycles. The number of urea groups is 1. The number of aryl methyl sites for hydroxylation is 2. The minimum absolute atomic E-state index is 0.0115. The number of aromatic nitrogens is 2. The molecule has 1 fully saturated rings. The van der Waals surface area contributed by atoms with Crippen LogP contribution < -0.4 is 5.32 Å². The summed E-state index contributed by atoms with van der Waals surface area (Å²) in [6.07, 6.45) is 7.41. The van der Waals surface area contributed by atoms with Crippen molar-refractivity contribution >= 4 is 6.03 Å². The Morgan fingerprint density at radius 3 is 3.24 bits per heavy atom. The average molecular weight is 289 g/mol. The zero-order valence-corrected chi connectivity index (χ0v) is 12.6. The Balaban J connectivity index is 1.69. The van der Waals surface area contributed by atoms with Gasteiger partial charge in [0, 0.05) is 45.0 Å². The van der Waals surface area contributed by atoms with E-state index in [1.807, 2.05) is 12.4 Å². The second-order valence-corrected chi connectivity index (χ2v) is 5.39. The summed E-state index contributed by atoms with van der Waals surface area (Å²) in [6.45, 7) is 4.91. The van der Waals surface area contributed by atoms with E-state index in [-0.39, 0.29) is 11.9 Å². The highest BCUT2D eigenvalue weighted by molar-refractivity contribution is 5.74. The summed E-state index contributed by atoms with van der Waals surface area (Å²) in [5.41, 5.74) is 0. The van der Waals surface area contributed by atoms with E-state index >= 15 is 0 Å². The molecule has 21 heavy (non-hydrogen) atoms. The zero-order valence-electron chi connectivity index (χ0n) is 12.6. The number of imidazole rings is 1. The molecule has 0 saturated carbocycles. The molecule has 114 valence electrons. The first kappa shape index (κ1) is 15.4. The Labute approximate surface area is 125 Å². The third kappa shape index (κ3) is 4.22. The number of nitrogens with one attached hydrogen (secondary N) is 1. The third-order valence-electron chi connectivity index (χ3n) is 3.86. The van der Waals surface area contributed by atoms with E-state index in [4.69, 9.17) is 5.26 Å². The monoisotopic (exact) mass is 289 g/mol. The van der Waals surface area contributed by atoms with Crippen LogP contribution in [0.5, 0.6) is 0 Å². The van der Waals surface area contributed by atoms with Crippen molar-refractivity contribution < 1.29 is 4.79 Å². The maximum atomic E-state index is 12.0. The lowest BCUT2D eigenvalue weighted by Gasteiger charge is -2.29. The third-order valence-corrected chi connectivity index (χ3v) is 3.86. The summed E-state index contributed by atoms with van der Waals surface area (Å²) in [4.78, 5) is 18.1. The Bertz CT molecular complexity index is 504. The first-order chi connectivity index (χ1) is 10.2. The van der Waals surface area contributed by atoms with Crippen LogP contribution in [0.2, 0.25) is 0 Å². The minimum atomic E-state index is -0.0451. The summed E-state index contributed by atoms with van der Waals surface area (Å²) in [6, 6.07) is 2.21. The highest BCUT2D eigenvalue weighted by Crippen LogP contribution is 2.15. The second-order valence-electron chi connectivity index (χ2n) is 5.39. The number of likely N-dealkylation sites (tertiary alicyclic amines) is 1. The number of rotatable bonds is 5. The van der Waals surface area contributed by atoms with Gasteiger partial charge in [0.15, 0.2) is 0 Å². The summed E-state index contributed by atoms with van der Waals surface area (Å²) >= 11 is 0. The van der Waals surface area contributed by atoms with Gasteiger partial charge in [-0.1, -0.05) is 6.92 Å². The predicted molar refractivity (Wildman–Crippen MR) is 79.5 cm³/mol. The van der Waals surface area contributed by atoms with Gasteiger partial charge in [0.25, 0.3) is 0 Å². The molecule has 6 nitrogen and oxygen atoms in total. The molecule has 1 atom stereocenters. The number of hydrogen-bond acceptors (Lipinski definition) is 3. The number of carbonyl (C=O) groups excluding carboxylic acids is 1. The Morgan fingerprint density at radius 2 is 2.48 bits per heavy atom. The lowest BCUT2D eigenvalue weighted by molar-refractivity contribution is 0.176. The molecule has 1 unspecified atom stereocenters. The van der Waals surface area contributed by atoms with Gasteiger partial charge in [0.05, 0.1) is 12.0 Å². The van der Waals surface area contributed by atoms with Crippen molar-refractivity contribution in [3.05, 3.63) is 18.2 Å². The van der Waals surface area contributed by atoms with Gasteiger partial charge in [0.2, 0.25) is 0 Å². The number of piperidine rings is 1. The topological polar surface area (TPSA) is 74.0 Å². The molecule has 2 heterocycles. The summed E-state index contributed by atoms with van der Waals surface area (Å²) < 4.78 is 2.12. The number of hydrogen-bond donors (Lipinski definition) is 1. The van der Waals surface area contributed by atoms with Gasteiger partial charge in [-0.2, -0.15) is 5.26 Å².